The second-order valence-electron chi connectivity index (χ2n) is 8.62. The van der Waals surface area contributed by atoms with Gasteiger partial charge in [0.05, 0.1) is 29.9 Å². The highest BCUT2D eigenvalue weighted by Gasteiger charge is 2.29. The molecule has 1 aliphatic rings. The number of hydrogen-bond donors (Lipinski definition) is 2. The van der Waals surface area contributed by atoms with Gasteiger partial charge in [-0.1, -0.05) is 48.5 Å². The van der Waals surface area contributed by atoms with E-state index in [1.165, 1.54) is 11.3 Å². The van der Waals surface area contributed by atoms with E-state index in [9.17, 15) is 10.1 Å². The Morgan fingerprint density at radius 1 is 1.08 bits per heavy atom. The predicted octanol–water partition coefficient (Wildman–Crippen LogP) is 5.43. The molecule has 0 bridgehead atoms. The molecule has 0 aliphatic carbocycles. The number of nitrogens with one attached hydrogen (secondary N) is 2. The monoisotopic (exact) mass is 531 g/mol. The third-order valence-corrected chi connectivity index (χ3v) is 7.27. The van der Waals surface area contributed by atoms with Gasteiger partial charge in [0, 0.05) is 11.3 Å². The molecule has 0 fully saturated rings. The van der Waals surface area contributed by atoms with Gasteiger partial charge in [0.1, 0.15) is 22.0 Å². The summed E-state index contributed by atoms with van der Waals surface area (Å²) in [5.41, 5.74) is 6.52. The highest BCUT2D eigenvalue weighted by Crippen LogP contribution is 2.42. The van der Waals surface area contributed by atoms with Crippen molar-refractivity contribution in [3.05, 3.63) is 112 Å². The number of aromatic nitrogens is 2. The quantitative estimate of drug-likeness (QED) is 0.223. The Balaban J connectivity index is 1.43. The number of nitrogens with zero attached hydrogens (tertiary/aromatic N) is 5. The molecule has 5 aromatic rings. The van der Waals surface area contributed by atoms with Crippen molar-refractivity contribution < 1.29 is 4.74 Å². The molecule has 0 unspecified atom stereocenters. The van der Waals surface area contributed by atoms with Gasteiger partial charge in [0.25, 0.3) is 5.56 Å². The number of nitriles is 1. The lowest BCUT2D eigenvalue weighted by Gasteiger charge is -2.26. The normalized spacial score (nSPS) is 13.0. The molecule has 1 aliphatic heterocycles. The van der Waals surface area contributed by atoms with E-state index in [0.717, 1.165) is 21.8 Å². The van der Waals surface area contributed by atoms with Gasteiger partial charge < -0.3 is 9.72 Å². The van der Waals surface area contributed by atoms with E-state index in [1.807, 2.05) is 66.7 Å². The number of hydrogen-bond acceptors (Lipinski definition) is 9. The Morgan fingerprint density at radius 3 is 2.49 bits per heavy atom. The molecule has 6 rings (SSSR count). The second-order valence-corrected chi connectivity index (χ2v) is 9.70. The molecule has 190 valence electrons. The van der Waals surface area contributed by atoms with E-state index in [4.69, 9.17) is 9.84 Å². The molecule has 0 amide bonds. The maximum absolute atomic E-state index is 13.5. The van der Waals surface area contributed by atoms with Gasteiger partial charge in [0.2, 0.25) is 5.71 Å². The van der Waals surface area contributed by atoms with E-state index in [-0.39, 0.29) is 17.1 Å². The van der Waals surface area contributed by atoms with Gasteiger partial charge in [-0.3, -0.25) is 10.2 Å². The van der Waals surface area contributed by atoms with Crippen LogP contribution < -0.4 is 20.7 Å². The molecule has 0 radical (unpaired) electrons. The minimum atomic E-state index is -0.362. The molecule has 9 nitrogen and oxygen atoms in total. The average molecular weight is 532 g/mol. The van der Waals surface area contributed by atoms with Gasteiger partial charge in [-0.25, -0.2) is 9.99 Å². The number of aromatic amines is 1. The molecular formula is C29H21N7O2S. The SMILES string of the molecule is COc1ccc(N/N=C(\C#N)c2nc3sc4c(c3c(=O)[nH]2)N(c2ccccc2)N=C(c2ccccc2)C4)cc1. The van der Waals surface area contributed by atoms with Crippen LogP contribution in [-0.4, -0.2) is 28.5 Å². The second kappa shape index (κ2) is 10.2. The number of H-pyrrole nitrogens is 1. The lowest BCUT2D eigenvalue weighted by atomic mass is 10.0. The van der Waals surface area contributed by atoms with Gasteiger partial charge in [-0.2, -0.15) is 15.5 Å². The van der Waals surface area contributed by atoms with Crippen molar-refractivity contribution in [2.75, 3.05) is 17.5 Å². The maximum Gasteiger partial charge on any atom is 0.262 e. The zero-order valence-corrected chi connectivity index (χ0v) is 21.6. The lowest BCUT2D eigenvalue weighted by Crippen LogP contribution is -2.23. The Morgan fingerprint density at radius 2 is 1.79 bits per heavy atom. The van der Waals surface area contributed by atoms with Crippen molar-refractivity contribution in [2.45, 2.75) is 6.42 Å². The number of ether oxygens (including phenoxy) is 1. The first-order valence-corrected chi connectivity index (χ1v) is 12.9. The van der Waals surface area contributed by atoms with E-state index in [0.29, 0.717) is 33.8 Å². The first-order valence-electron chi connectivity index (χ1n) is 12.1. The summed E-state index contributed by atoms with van der Waals surface area (Å²) in [6, 6.07) is 28.8. The summed E-state index contributed by atoms with van der Waals surface area (Å²) in [7, 11) is 1.59. The first kappa shape index (κ1) is 24.1. The summed E-state index contributed by atoms with van der Waals surface area (Å²) in [5, 5.41) is 21.2. The number of hydrazone groups is 2. The number of rotatable bonds is 6. The average Bonchev–Trinajstić information content (AvgIpc) is 3.37. The van der Waals surface area contributed by atoms with Crippen LogP contribution in [0.2, 0.25) is 0 Å². The van der Waals surface area contributed by atoms with E-state index in [2.05, 4.69) is 20.5 Å². The third kappa shape index (κ3) is 4.63. The van der Waals surface area contributed by atoms with Crippen LogP contribution in [0.5, 0.6) is 5.75 Å². The Hall–Kier alpha value is -5.27. The van der Waals surface area contributed by atoms with Crippen LogP contribution in [0.25, 0.3) is 10.2 Å². The zero-order chi connectivity index (χ0) is 26.8. The molecule has 39 heavy (non-hydrogen) atoms. The molecule has 3 heterocycles. The van der Waals surface area contributed by atoms with Gasteiger partial charge in [-0.15, -0.1) is 11.3 Å². The van der Waals surface area contributed by atoms with Crippen molar-refractivity contribution >= 4 is 50.0 Å². The Labute approximate surface area is 227 Å². The fraction of sp³-hybridized carbons (Fsp3) is 0.0690. The molecule has 0 atom stereocenters. The van der Waals surface area contributed by atoms with Gasteiger partial charge in [-0.05, 0) is 42.0 Å². The van der Waals surface area contributed by atoms with Gasteiger partial charge >= 0.3 is 0 Å². The van der Waals surface area contributed by atoms with Crippen LogP contribution in [0.4, 0.5) is 17.1 Å². The predicted molar refractivity (Wildman–Crippen MR) is 154 cm³/mol. The van der Waals surface area contributed by atoms with Crippen LogP contribution >= 0.6 is 11.3 Å². The van der Waals surface area contributed by atoms with E-state index < -0.39 is 0 Å². The highest BCUT2D eigenvalue weighted by atomic mass is 32.1. The third-order valence-electron chi connectivity index (χ3n) is 6.19. The fourth-order valence-electron chi connectivity index (χ4n) is 4.32. The van der Waals surface area contributed by atoms with Crippen LogP contribution in [0.1, 0.15) is 16.3 Å². The summed E-state index contributed by atoms with van der Waals surface area (Å²) < 4.78 is 5.17. The molecule has 0 spiro atoms. The summed E-state index contributed by atoms with van der Waals surface area (Å²) in [5.74, 6) is 0.789. The number of anilines is 3. The number of benzene rings is 3. The highest BCUT2D eigenvalue weighted by molar-refractivity contribution is 7.19. The van der Waals surface area contributed by atoms with E-state index in [1.54, 1.807) is 36.4 Å². The number of fused-ring (bicyclic) bond motifs is 3. The zero-order valence-electron chi connectivity index (χ0n) is 20.8. The molecule has 10 heteroatoms. The number of para-hydroxylation sites is 1. The summed E-state index contributed by atoms with van der Waals surface area (Å²) in [6.07, 6.45) is 0.552. The van der Waals surface area contributed by atoms with Crippen molar-refractivity contribution in [3.8, 4) is 11.8 Å². The molecule has 2 aromatic heterocycles. The Bertz CT molecular complexity index is 1820. The molecule has 0 saturated carbocycles. The number of thiophene rings is 1. The van der Waals surface area contributed by atoms with Crippen LogP contribution in [0.15, 0.2) is 99.9 Å². The summed E-state index contributed by atoms with van der Waals surface area (Å²) >= 11 is 1.42. The van der Waals surface area contributed by atoms with Crippen molar-refractivity contribution in [3.63, 3.8) is 0 Å². The first-order chi connectivity index (χ1) is 19.1. The smallest absolute Gasteiger partial charge is 0.262 e. The lowest BCUT2D eigenvalue weighted by molar-refractivity contribution is 0.415. The molecule has 2 N–H and O–H groups in total. The number of methoxy groups -OCH3 is 1. The molecular weight excluding hydrogens is 510 g/mol. The molecule has 0 saturated heterocycles. The minimum absolute atomic E-state index is 0.0441. The fourth-order valence-corrected chi connectivity index (χ4v) is 5.47. The summed E-state index contributed by atoms with van der Waals surface area (Å²) in [6.45, 7) is 0. The van der Waals surface area contributed by atoms with Gasteiger partial charge in [0.15, 0.2) is 5.82 Å². The van der Waals surface area contributed by atoms with Crippen molar-refractivity contribution in [2.24, 2.45) is 10.2 Å². The van der Waals surface area contributed by atoms with E-state index >= 15 is 0 Å². The summed E-state index contributed by atoms with van der Waals surface area (Å²) in [4.78, 5) is 22.3. The minimum Gasteiger partial charge on any atom is -0.497 e. The van der Waals surface area contributed by atoms with Crippen LogP contribution in [0, 0.1) is 11.3 Å². The Kier molecular flexibility index (Phi) is 6.32. The van der Waals surface area contributed by atoms with Crippen molar-refractivity contribution in [1.29, 1.82) is 5.26 Å². The topological polar surface area (TPSA) is 119 Å². The largest absolute Gasteiger partial charge is 0.497 e. The standard InChI is InChI=1S/C29H21N7O2S/c1-38-21-14-12-19(13-15-21)33-34-23(17-30)27-31-28(37)25-26-24(39-29(25)32-27)16-22(18-8-4-2-5-9-18)35-36(26)20-10-6-3-7-11-20/h2-15,33H,16H2,1H3,(H,31,32,37)/b34-23+. The van der Waals surface area contributed by atoms with Crippen LogP contribution in [0.3, 0.4) is 0 Å². The van der Waals surface area contributed by atoms with Crippen molar-refractivity contribution in [1.82, 2.24) is 9.97 Å². The van der Waals surface area contributed by atoms with Crippen LogP contribution in [-0.2, 0) is 6.42 Å². The molecule has 3 aromatic carbocycles. The maximum atomic E-state index is 13.5.